The van der Waals surface area contributed by atoms with Crippen LogP contribution < -0.4 is 19.5 Å². The predicted molar refractivity (Wildman–Crippen MR) is 136 cm³/mol. The summed E-state index contributed by atoms with van der Waals surface area (Å²) in [6.07, 6.45) is -4.98. The molecular formula is C27H22F4N4O4. The number of fused-ring (bicyclic) bond motifs is 2. The van der Waals surface area contributed by atoms with Crippen LogP contribution in [0.1, 0.15) is 17.6 Å². The van der Waals surface area contributed by atoms with Gasteiger partial charge in [-0.15, -0.1) is 0 Å². The molecule has 0 saturated carbocycles. The van der Waals surface area contributed by atoms with Crippen LogP contribution in [0.2, 0.25) is 0 Å². The molecule has 0 aliphatic rings. The molecule has 0 spiro atoms. The van der Waals surface area contributed by atoms with Gasteiger partial charge < -0.3 is 29.2 Å². The summed E-state index contributed by atoms with van der Waals surface area (Å²) >= 11 is 0. The molecular weight excluding hydrogens is 520 g/mol. The molecule has 0 bridgehead atoms. The van der Waals surface area contributed by atoms with Gasteiger partial charge in [-0.1, -0.05) is 12.1 Å². The fourth-order valence-corrected chi connectivity index (χ4v) is 4.39. The Morgan fingerprint density at radius 1 is 0.923 bits per heavy atom. The topological polar surface area (TPSA) is 90.7 Å². The standard InChI is InChI=1S/C27H22F4N4O4/c1-14-10-16-20(35(14)26(36)34-18-7-5-4-6-17(18)27(29,30)31)8-9-21(24(16)28)39-25-15-11-22(37-2)23(38-3)12-19(15)32-13-33-25/h4-13,26,34,36H,1-3H3. The zero-order chi connectivity index (χ0) is 27.9. The number of ether oxygens (including phenoxy) is 3. The van der Waals surface area contributed by atoms with E-state index in [-0.39, 0.29) is 28.2 Å². The van der Waals surface area contributed by atoms with Gasteiger partial charge in [-0.05, 0) is 43.3 Å². The van der Waals surface area contributed by atoms with Crippen LogP contribution in [0.25, 0.3) is 21.8 Å². The second-order valence-electron chi connectivity index (χ2n) is 8.53. The van der Waals surface area contributed by atoms with Crippen LogP contribution in [0.5, 0.6) is 23.1 Å². The number of benzene rings is 3. The third-order valence-corrected chi connectivity index (χ3v) is 6.19. The molecule has 2 heterocycles. The third kappa shape index (κ3) is 4.74. The van der Waals surface area contributed by atoms with Crippen molar-refractivity contribution in [1.82, 2.24) is 14.5 Å². The number of hydrogen-bond acceptors (Lipinski definition) is 7. The Balaban J connectivity index is 1.51. The van der Waals surface area contributed by atoms with Crippen LogP contribution in [-0.2, 0) is 6.18 Å². The SMILES string of the molecule is COc1cc2ncnc(Oc3ccc4c(cc(C)n4C(O)Nc4ccccc4C(F)(F)F)c3F)c2cc1OC. The number of hydrogen-bond donors (Lipinski definition) is 2. The van der Waals surface area contributed by atoms with Crippen molar-refractivity contribution in [2.45, 2.75) is 19.5 Å². The Morgan fingerprint density at radius 3 is 2.36 bits per heavy atom. The lowest BCUT2D eigenvalue weighted by Crippen LogP contribution is -2.21. The summed E-state index contributed by atoms with van der Waals surface area (Å²) in [6.45, 7) is 1.60. The van der Waals surface area contributed by atoms with Crippen LogP contribution in [0.3, 0.4) is 0 Å². The van der Waals surface area contributed by atoms with E-state index in [0.29, 0.717) is 28.1 Å². The first-order valence-electron chi connectivity index (χ1n) is 11.6. The van der Waals surface area contributed by atoms with Crippen molar-refractivity contribution in [1.29, 1.82) is 0 Å². The first-order valence-corrected chi connectivity index (χ1v) is 11.6. The lowest BCUT2D eigenvalue weighted by molar-refractivity contribution is -0.137. The number of aryl methyl sites for hydroxylation is 1. The fraction of sp³-hybridized carbons (Fsp3) is 0.185. The van der Waals surface area contributed by atoms with Crippen molar-refractivity contribution in [2.24, 2.45) is 0 Å². The maximum Gasteiger partial charge on any atom is 0.418 e. The zero-order valence-corrected chi connectivity index (χ0v) is 20.9. The number of nitrogens with zero attached hydrogens (tertiary/aromatic N) is 3. The Kier molecular flexibility index (Phi) is 6.64. The maximum atomic E-state index is 15.6. The molecule has 0 aliphatic heterocycles. The molecule has 39 heavy (non-hydrogen) atoms. The highest BCUT2D eigenvalue weighted by Crippen LogP contribution is 2.39. The molecule has 0 radical (unpaired) electrons. The number of nitrogens with one attached hydrogen (secondary N) is 1. The molecule has 202 valence electrons. The molecule has 0 amide bonds. The highest BCUT2D eigenvalue weighted by atomic mass is 19.4. The van der Waals surface area contributed by atoms with E-state index in [4.69, 9.17) is 14.2 Å². The Morgan fingerprint density at radius 2 is 1.64 bits per heavy atom. The van der Waals surface area contributed by atoms with E-state index in [1.54, 1.807) is 19.1 Å². The van der Waals surface area contributed by atoms with E-state index in [1.807, 2.05) is 0 Å². The van der Waals surface area contributed by atoms with E-state index in [1.165, 1.54) is 61.5 Å². The predicted octanol–water partition coefficient (Wildman–Crippen LogP) is 6.42. The zero-order valence-electron chi connectivity index (χ0n) is 20.9. The smallest absolute Gasteiger partial charge is 0.418 e. The number of anilines is 1. The van der Waals surface area contributed by atoms with Crippen molar-refractivity contribution < 1.29 is 36.9 Å². The number of aromatic nitrogens is 3. The second-order valence-corrected chi connectivity index (χ2v) is 8.53. The van der Waals surface area contributed by atoms with Crippen molar-refractivity contribution in [2.75, 3.05) is 19.5 Å². The molecule has 1 unspecified atom stereocenters. The van der Waals surface area contributed by atoms with Crippen LogP contribution in [-0.4, -0.2) is 33.9 Å². The minimum atomic E-state index is -4.63. The average molecular weight is 542 g/mol. The number of methoxy groups -OCH3 is 2. The van der Waals surface area contributed by atoms with Gasteiger partial charge in [0.15, 0.2) is 23.1 Å². The van der Waals surface area contributed by atoms with Gasteiger partial charge in [-0.25, -0.2) is 14.4 Å². The number of halogens is 4. The highest BCUT2D eigenvalue weighted by molar-refractivity contribution is 5.88. The van der Waals surface area contributed by atoms with E-state index >= 15 is 4.39 Å². The summed E-state index contributed by atoms with van der Waals surface area (Å²) in [4.78, 5) is 8.34. The molecule has 5 aromatic rings. The lowest BCUT2D eigenvalue weighted by atomic mass is 10.1. The maximum absolute atomic E-state index is 15.6. The molecule has 2 aromatic heterocycles. The van der Waals surface area contributed by atoms with Crippen LogP contribution in [0.15, 0.2) is 60.9 Å². The summed E-state index contributed by atoms with van der Waals surface area (Å²) in [5.74, 6) is 0.0237. The number of para-hydroxylation sites is 1. The van der Waals surface area contributed by atoms with Gasteiger partial charge >= 0.3 is 6.18 Å². The van der Waals surface area contributed by atoms with Gasteiger partial charge in [0.2, 0.25) is 12.2 Å². The molecule has 12 heteroatoms. The molecule has 2 N–H and O–H groups in total. The molecule has 3 aromatic carbocycles. The van der Waals surface area contributed by atoms with Gasteiger partial charge in [0, 0.05) is 22.8 Å². The van der Waals surface area contributed by atoms with E-state index in [2.05, 4.69) is 15.3 Å². The van der Waals surface area contributed by atoms with Crippen molar-refractivity contribution in [3.05, 3.63) is 78.0 Å². The largest absolute Gasteiger partial charge is 0.493 e. The van der Waals surface area contributed by atoms with Crippen LogP contribution in [0, 0.1) is 12.7 Å². The van der Waals surface area contributed by atoms with Gasteiger partial charge in [0.05, 0.1) is 36.2 Å². The molecule has 8 nitrogen and oxygen atoms in total. The second kappa shape index (κ2) is 9.95. The summed E-state index contributed by atoms with van der Waals surface area (Å²) in [7, 11) is 2.96. The van der Waals surface area contributed by atoms with Crippen molar-refractivity contribution >= 4 is 27.5 Å². The summed E-state index contributed by atoms with van der Waals surface area (Å²) in [5, 5.41) is 13.8. The number of rotatable bonds is 7. The van der Waals surface area contributed by atoms with Gasteiger partial charge in [0.1, 0.15) is 6.33 Å². The first-order chi connectivity index (χ1) is 18.6. The van der Waals surface area contributed by atoms with E-state index in [0.717, 1.165) is 6.07 Å². The van der Waals surface area contributed by atoms with Gasteiger partial charge in [-0.3, -0.25) is 0 Å². The molecule has 1 atom stereocenters. The third-order valence-electron chi connectivity index (χ3n) is 6.19. The van der Waals surface area contributed by atoms with E-state index < -0.39 is 23.9 Å². The van der Waals surface area contributed by atoms with Crippen molar-refractivity contribution in [3.63, 3.8) is 0 Å². The first kappa shape index (κ1) is 26.0. The Hall–Kier alpha value is -4.58. The van der Waals surface area contributed by atoms with E-state index in [9.17, 15) is 18.3 Å². The molecule has 0 aliphatic carbocycles. The number of aliphatic hydroxyl groups excluding tert-OH is 1. The van der Waals surface area contributed by atoms with Crippen LogP contribution >= 0.6 is 0 Å². The molecule has 0 fully saturated rings. The van der Waals surface area contributed by atoms with Gasteiger partial charge in [0.25, 0.3) is 0 Å². The average Bonchev–Trinajstić information content (AvgIpc) is 3.26. The monoisotopic (exact) mass is 542 g/mol. The minimum absolute atomic E-state index is 0.0702. The highest BCUT2D eigenvalue weighted by Gasteiger charge is 2.34. The van der Waals surface area contributed by atoms with Crippen molar-refractivity contribution in [3.8, 4) is 23.1 Å². The fourth-order valence-electron chi connectivity index (χ4n) is 4.39. The number of alkyl halides is 3. The quantitative estimate of drug-likeness (QED) is 0.181. The normalized spacial score (nSPS) is 12.5. The Labute approximate surface area is 219 Å². The number of aliphatic hydroxyl groups is 1. The summed E-state index contributed by atoms with van der Waals surface area (Å²) in [6, 6.07) is 12.3. The summed E-state index contributed by atoms with van der Waals surface area (Å²) in [5.41, 5.74) is -0.140. The van der Waals surface area contributed by atoms with Gasteiger partial charge in [-0.2, -0.15) is 13.2 Å². The molecule has 5 rings (SSSR count). The minimum Gasteiger partial charge on any atom is -0.493 e. The Bertz CT molecular complexity index is 1690. The summed E-state index contributed by atoms with van der Waals surface area (Å²) < 4.78 is 73.6. The van der Waals surface area contributed by atoms with Crippen LogP contribution in [0.4, 0.5) is 23.2 Å². The molecule has 0 saturated heterocycles. The lowest BCUT2D eigenvalue weighted by Gasteiger charge is -2.21.